The summed E-state index contributed by atoms with van der Waals surface area (Å²) in [4.78, 5) is 25.6. The first-order valence-corrected chi connectivity index (χ1v) is 12.3. The van der Waals surface area contributed by atoms with Gasteiger partial charge in [-0.2, -0.15) is 5.10 Å². The molecular formula is C32H26N2O4. The summed E-state index contributed by atoms with van der Waals surface area (Å²) in [6.45, 7) is 3.58. The van der Waals surface area contributed by atoms with E-state index in [0.717, 1.165) is 27.1 Å². The second-order valence-electron chi connectivity index (χ2n) is 8.93. The summed E-state index contributed by atoms with van der Waals surface area (Å²) in [5.74, 6) is 0.0786. The van der Waals surface area contributed by atoms with Gasteiger partial charge < -0.3 is 9.47 Å². The fraction of sp³-hybridized carbons (Fsp3) is 0.0938. The summed E-state index contributed by atoms with van der Waals surface area (Å²) in [6.07, 6.45) is 0.702. The Morgan fingerprint density at radius 1 is 0.789 bits per heavy atom. The normalized spacial score (nSPS) is 11.9. The molecule has 188 valence electrons. The summed E-state index contributed by atoms with van der Waals surface area (Å²) < 4.78 is 11.7. The van der Waals surface area contributed by atoms with Gasteiger partial charge >= 0.3 is 5.97 Å². The quantitative estimate of drug-likeness (QED) is 0.120. The third-order valence-electron chi connectivity index (χ3n) is 6.18. The highest BCUT2D eigenvalue weighted by atomic mass is 16.5. The Morgan fingerprint density at radius 3 is 2.26 bits per heavy atom. The Kier molecular flexibility index (Phi) is 7.13. The van der Waals surface area contributed by atoms with Crippen molar-refractivity contribution in [3.63, 3.8) is 0 Å². The number of hydrazone groups is 1. The van der Waals surface area contributed by atoms with Crippen LogP contribution in [0.15, 0.2) is 108 Å². The summed E-state index contributed by atoms with van der Waals surface area (Å²) in [5, 5.41) is 7.91. The average molecular weight is 503 g/mol. The predicted octanol–water partition coefficient (Wildman–Crippen LogP) is 6.44. The van der Waals surface area contributed by atoms with Crippen molar-refractivity contribution < 1.29 is 19.1 Å². The molecule has 0 unspecified atom stereocenters. The Hall–Kier alpha value is -4.97. The molecule has 38 heavy (non-hydrogen) atoms. The van der Waals surface area contributed by atoms with Crippen LogP contribution in [0.3, 0.4) is 0 Å². The topological polar surface area (TPSA) is 77.0 Å². The number of nitrogens with one attached hydrogen (secondary N) is 1. The number of esters is 1. The Bertz CT molecular complexity index is 1670. The maximum Gasteiger partial charge on any atom is 0.343 e. The van der Waals surface area contributed by atoms with Crippen molar-refractivity contribution in [1.82, 2.24) is 5.43 Å². The molecule has 0 heterocycles. The van der Waals surface area contributed by atoms with Gasteiger partial charge in [-0.3, -0.25) is 4.79 Å². The Labute approximate surface area is 220 Å². The maximum atomic E-state index is 12.8. The van der Waals surface area contributed by atoms with Crippen molar-refractivity contribution in [1.29, 1.82) is 0 Å². The van der Waals surface area contributed by atoms with Crippen LogP contribution in [0.25, 0.3) is 21.5 Å². The summed E-state index contributed by atoms with van der Waals surface area (Å²) >= 11 is 0. The molecule has 0 bridgehead atoms. The van der Waals surface area contributed by atoms with E-state index in [1.54, 1.807) is 25.1 Å². The van der Waals surface area contributed by atoms with Crippen LogP contribution in [-0.4, -0.2) is 24.2 Å². The second kappa shape index (κ2) is 11.0. The van der Waals surface area contributed by atoms with Crippen LogP contribution < -0.4 is 14.9 Å². The van der Waals surface area contributed by atoms with E-state index in [1.165, 1.54) is 6.21 Å². The third kappa shape index (κ3) is 5.39. The van der Waals surface area contributed by atoms with Crippen LogP contribution in [0.2, 0.25) is 0 Å². The van der Waals surface area contributed by atoms with Gasteiger partial charge in [0.2, 0.25) is 0 Å². The van der Waals surface area contributed by atoms with E-state index in [-0.39, 0.29) is 0 Å². The van der Waals surface area contributed by atoms with Crippen LogP contribution in [-0.2, 0) is 4.79 Å². The second-order valence-corrected chi connectivity index (χ2v) is 8.93. The molecule has 0 fully saturated rings. The molecule has 1 N–H and O–H groups in total. The maximum absolute atomic E-state index is 12.8. The minimum Gasteiger partial charge on any atom is -0.480 e. The lowest BCUT2D eigenvalue weighted by Crippen LogP contribution is -2.33. The van der Waals surface area contributed by atoms with E-state index in [9.17, 15) is 9.59 Å². The first kappa shape index (κ1) is 24.7. The van der Waals surface area contributed by atoms with E-state index in [1.807, 2.05) is 91.9 Å². The molecule has 0 aliphatic heterocycles. The number of fused-ring (bicyclic) bond motifs is 2. The number of hydrogen-bond acceptors (Lipinski definition) is 5. The van der Waals surface area contributed by atoms with Crippen molar-refractivity contribution in [3.8, 4) is 11.5 Å². The molecule has 0 aliphatic rings. The number of rotatable bonds is 7. The fourth-order valence-corrected chi connectivity index (χ4v) is 4.22. The predicted molar refractivity (Wildman–Crippen MR) is 150 cm³/mol. The van der Waals surface area contributed by atoms with Crippen LogP contribution in [0.5, 0.6) is 11.5 Å². The number of carbonyl (C=O) groups excluding carboxylic acids is 2. The number of carbonyl (C=O) groups is 2. The van der Waals surface area contributed by atoms with Crippen LogP contribution >= 0.6 is 0 Å². The van der Waals surface area contributed by atoms with Gasteiger partial charge in [-0.05, 0) is 54.3 Å². The zero-order chi connectivity index (χ0) is 26.5. The third-order valence-corrected chi connectivity index (χ3v) is 6.18. The van der Waals surface area contributed by atoms with Gasteiger partial charge in [0.05, 0.1) is 11.8 Å². The standard InChI is InChI=1S/C32H26N2O4/c1-21-9-7-13-25(19-21)32(36)38-30-18-17-24-11-3-5-14-26(24)28(30)20-33-34-31(35)22(2)37-29-16-8-12-23-10-4-6-15-27(23)29/h3-20,22H,1-2H3,(H,34,35)/b33-20-/t22-/m1/s1. The minimum atomic E-state index is -0.788. The van der Waals surface area contributed by atoms with E-state index in [4.69, 9.17) is 9.47 Å². The van der Waals surface area contributed by atoms with Crippen LogP contribution in [0.1, 0.15) is 28.4 Å². The Balaban J connectivity index is 1.35. The molecule has 0 saturated carbocycles. The van der Waals surface area contributed by atoms with Crippen molar-refractivity contribution in [2.75, 3.05) is 0 Å². The van der Waals surface area contributed by atoms with E-state index in [0.29, 0.717) is 22.6 Å². The highest BCUT2D eigenvalue weighted by Crippen LogP contribution is 2.28. The smallest absolute Gasteiger partial charge is 0.343 e. The van der Waals surface area contributed by atoms with E-state index >= 15 is 0 Å². The van der Waals surface area contributed by atoms with Gasteiger partial charge in [-0.15, -0.1) is 0 Å². The van der Waals surface area contributed by atoms with Crippen molar-refractivity contribution >= 4 is 39.6 Å². The van der Waals surface area contributed by atoms with Crippen LogP contribution in [0.4, 0.5) is 0 Å². The first-order chi connectivity index (χ1) is 18.5. The number of hydrogen-bond donors (Lipinski definition) is 1. The Morgan fingerprint density at radius 2 is 1.47 bits per heavy atom. The number of aryl methyl sites for hydroxylation is 1. The van der Waals surface area contributed by atoms with E-state index in [2.05, 4.69) is 10.5 Å². The zero-order valence-corrected chi connectivity index (χ0v) is 21.0. The highest BCUT2D eigenvalue weighted by molar-refractivity contribution is 6.04. The monoisotopic (exact) mass is 502 g/mol. The molecule has 0 aromatic heterocycles. The molecule has 0 saturated heterocycles. The molecule has 5 aromatic rings. The first-order valence-electron chi connectivity index (χ1n) is 12.3. The molecule has 6 heteroatoms. The van der Waals surface area contributed by atoms with E-state index < -0.39 is 18.0 Å². The average Bonchev–Trinajstić information content (AvgIpc) is 2.94. The van der Waals surface area contributed by atoms with Gasteiger partial charge in [0.1, 0.15) is 11.5 Å². The van der Waals surface area contributed by atoms with Crippen LogP contribution in [0, 0.1) is 6.92 Å². The molecule has 1 amide bonds. The molecular weight excluding hydrogens is 476 g/mol. The lowest BCUT2D eigenvalue weighted by atomic mass is 10.0. The zero-order valence-electron chi connectivity index (χ0n) is 21.0. The highest BCUT2D eigenvalue weighted by Gasteiger charge is 2.17. The lowest BCUT2D eigenvalue weighted by molar-refractivity contribution is -0.127. The summed E-state index contributed by atoms with van der Waals surface area (Å²) in [7, 11) is 0. The molecule has 1 atom stereocenters. The molecule has 0 radical (unpaired) electrons. The molecule has 6 nitrogen and oxygen atoms in total. The van der Waals surface area contributed by atoms with Crippen molar-refractivity contribution in [2.45, 2.75) is 20.0 Å². The molecule has 5 rings (SSSR count). The molecule has 0 spiro atoms. The molecule has 5 aromatic carbocycles. The largest absolute Gasteiger partial charge is 0.480 e. The number of amides is 1. The minimum absolute atomic E-state index is 0.341. The number of benzene rings is 5. The van der Waals surface area contributed by atoms with Gasteiger partial charge in [-0.1, -0.05) is 84.4 Å². The van der Waals surface area contributed by atoms with Gasteiger partial charge in [-0.25, -0.2) is 10.2 Å². The number of nitrogens with zero attached hydrogens (tertiary/aromatic N) is 1. The summed E-state index contributed by atoms with van der Waals surface area (Å²) in [6, 6.07) is 32.0. The van der Waals surface area contributed by atoms with Crippen molar-refractivity contribution in [3.05, 3.63) is 120 Å². The van der Waals surface area contributed by atoms with Crippen molar-refractivity contribution in [2.24, 2.45) is 5.10 Å². The van der Waals surface area contributed by atoms with Gasteiger partial charge in [0.25, 0.3) is 5.91 Å². The number of ether oxygens (including phenoxy) is 2. The SMILES string of the molecule is Cc1cccc(C(=O)Oc2ccc3ccccc3c2/C=N\NC(=O)[C@@H](C)Oc2cccc3ccccc23)c1. The molecule has 0 aliphatic carbocycles. The van der Waals surface area contributed by atoms with Gasteiger partial charge in [0, 0.05) is 10.9 Å². The summed E-state index contributed by atoms with van der Waals surface area (Å²) in [5.41, 5.74) is 4.54. The fourth-order valence-electron chi connectivity index (χ4n) is 4.22. The lowest BCUT2D eigenvalue weighted by Gasteiger charge is -2.15. The van der Waals surface area contributed by atoms with Gasteiger partial charge in [0.15, 0.2) is 6.10 Å².